The van der Waals surface area contributed by atoms with Crippen molar-refractivity contribution in [2.24, 2.45) is 17.8 Å². The number of carbonyl (C=O) groups is 1. The van der Waals surface area contributed by atoms with E-state index in [0.29, 0.717) is 17.6 Å². The van der Waals surface area contributed by atoms with E-state index in [1.54, 1.807) is 74.7 Å². The summed E-state index contributed by atoms with van der Waals surface area (Å²) in [5.41, 5.74) is -1.77. The lowest BCUT2D eigenvalue weighted by Gasteiger charge is -2.57. The van der Waals surface area contributed by atoms with Gasteiger partial charge in [-0.2, -0.15) is 0 Å². The second-order valence-electron chi connectivity index (χ2n) is 24.3. The maximum atomic E-state index is 14.4. The summed E-state index contributed by atoms with van der Waals surface area (Å²) in [5.74, 6) is -5.05. The molecule has 5 heterocycles. The number of aliphatic hydroxyl groups excluding tert-OH is 6. The SMILES string of the molecule is COCCCC1OC(O)(C(C)C2CC(C)C(O)/C=C(C)/C=C(\C)C=C(C)C(OC3OC(C)C(O)C(O)C3O)C(C)/C=C(C)/C=C(OC)/C=C(\C)C(=O)O2)C(OC)C(O)C1(C)OC1CC(C)(O)C(OC2CC(C)(O)C(O)C(C)O2)C(C)O1. The standard InChI is InChI=1S/C60H98O21/c1-30-21-31(2)25-42(61)33(4)27-43(77-55(67)36(7)26-41(72-16)24-32(3)23-35(6)50(34(5)22-30)79-56-49(64)48(63)47(62)38(9)76-56)37(8)60(70)54(73-17)52(66)59(14,44(80-60)19-18-20-71-15)81-46-29-58(13,69)53(40(11)75-46)78-45-28-57(12,68)51(65)39(10)74-45/h21-26,33,35,37-40,42-54,56,61-66,68-70H,18-20,27-29H2,1-17H3/b30-21+,31-25+,32-23+,34-22?,36-26+,41-24-. The lowest BCUT2D eigenvalue weighted by atomic mass is 9.74. The summed E-state index contributed by atoms with van der Waals surface area (Å²) in [6.07, 6.45) is -8.76. The van der Waals surface area contributed by atoms with E-state index in [1.165, 1.54) is 27.2 Å². The molecule has 24 unspecified atom stereocenters. The van der Waals surface area contributed by atoms with Crippen LogP contribution in [0.3, 0.4) is 0 Å². The fourth-order valence-corrected chi connectivity index (χ4v) is 12.0. The first-order valence-electron chi connectivity index (χ1n) is 28.4. The summed E-state index contributed by atoms with van der Waals surface area (Å²) in [5, 5.41) is 103. The predicted octanol–water partition coefficient (Wildman–Crippen LogP) is 4.23. The van der Waals surface area contributed by atoms with Crippen LogP contribution >= 0.6 is 0 Å². The van der Waals surface area contributed by atoms with Crippen LogP contribution in [0.4, 0.5) is 0 Å². The van der Waals surface area contributed by atoms with Crippen molar-refractivity contribution in [3.8, 4) is 0 Å². The summed E-state index contributed by atoms with van der Waals surface area (Å²) < 4.78 is 67.7. The molecule has 5 aliphatic heterocycles. The second kappa shape index (κ2) is 28.5. The number of methoxy groups -OCH3 is 3. The minimum Gasteiger partial charge on any atom is -0.497 e. The highest BCUT2D eigenvalue weighted by molar-refractivity contribution is 5.88. The molecule has 0 saturated carbocycles. The van der Waals surface area contributed by atoms with Gasteiger partial charge in [-0.25, -0.2) is 4.79 Å². The van der Waals surface area contributed by atoms with Crippen LogP contribution in [0.15, 0.2) is 70.1 Å². The van der Waals surface area contributed by atoms with Gasteiger partial charge in [-0.1, -0.05) is 61.8 Å². The Bertz CT molecular complexity index is 2270. The minimum absolute atomic E-state index is 0.0205. The van der Waals surface area contributed by atoms with Gasteiger partial charge in [-0.15, -0.1) is 0 Å². The van der Waals surface area contributed by atoms with Crippen LogP contribution in [-0.2, 0) is 56.9 Å². The quantitative estimate of drug-likeness (QED) is 0.0869. The summed E-state index contributed by atoms with van der Waals surface area (Å²) in [4.78, 5) is 14.4. The number of esters is 1. The third-order valence-corrected chi connectivity index (χ3v) is 16.8. The van der Waals surface area contributed by atoms with E-state index in [0.717, 1.165) is 11.1 Å². The molecular formula is C60H98O21. The number of ether oxygens (including phenoxy) is 11. The van der Waals surface area contributed by atoms with Crippen molar-refractivity contribution in [3.63, 3.8) is 0 Å². The number of carbonyl (C=O) groups excluding carboxylic acids is 1. The van der Waals surface area contributed by atoms with E-state index >= 15 is 0 Å². The van der Waals surface area contributed by atoms with Gasteiger partial charge in [0.15, 0.2) is 18.9 Å². The van der Waals surface area contributed by atoms with Gasteiger partial charge in [-0.3, -0.25) is 0 Å². The zero-order valence-electron chi connectivity index (χ0n) is 50.7. The molecule has 0 amide bonds. The van der Waals surface area contributed by atoms with Gasteiger partial charge >= 0.3 is 5.97 Å². The van der Waals surface area contributed by atoms with Crippen molar-refractivity contribution in [1.29, 1.82) is 0 Å². The fourth-order valence-electron chi connectivity index (χ4n) is 12.0. The van der Waals surface area contributed by atoms with Gasteiger partial charge in [0.25, 0.3) is 0 Å². The molecule has 24 atom stereocenters. The molecule has 4 saturated heterocycles. The molecule has 5 aliphatic rings. The highest BCUT2D eigenvalue weighted by Gasteiger charge is 2.65. The van der Waals surface area contributed by atoms with E-state index < -0.39 is 145 Å². The molecule has 81 heavy (non-hydrogen) atoms. The third kappa shape index (κ3) is 16.5. The molecule has 0 bridgehead atoms. The molecule has 9 N–H and O–H groups in total. The highest BCUT2D eigenvalue weighted by Crippen LogP contribution is 2.48. The average molecular weight is 1160 g/mol. The van der Waals surface area contributed by atoms with Crippen LogP contribution in [0.1, 0.15) is 129 Å². The van der Waals surface area contributed by atoms with Crippen LogP contribution in [0, 0.1) is 17.8 Å². The number of hydrogen-bond acceptors (Lipinski definition) is 21. The molecule has 0 spiro atoms. The van der Waals surface area contributed by atoms with Crippen molar-refractivity contribution in [1.82, 2.24) is 0 Å². The third-order valence-electron chi connectivity index (χ3n) is 16.8. The zero-order chi connectivity index (χ0) is 60.9. The average Bonchev–Trinajstić information content (AvgIpc) is 3.45. The monoisotopic (exact) mass is 1150 g/mol. The molecular weight excluding hydrogens is 1060 g/mol. The fraction of sp³-hybridized carbons (Fsp3) is 0.783. The molecule has 21 nitrogen and oxygen atoms in total. The Morgan fingerprint density at radius 2 is 1.32 bits per heavy atom. The van der Waals surface area contributed by atoms with Gasteiger partial charge < -0.3 is 98.1 Å². The minimum atomic E-state index is -2.39. The van der Waals surface area contributed by atoms with Crippen molar-refractivity contribution in [2.45, 2.75) is 256 Å². The topological polar surface area (TPSA) is 301 Å². The molecule has 0 aromatic rings. The van der Waals surface area contributed by atoms with Gasteiger partial charge in [0, 0.05) is 51.1 Å². The number of aliphatic hydroxyl groups is 9. The van der Waals surface area contributed by atoms with Crippen LogP contribution in [-0.4, -0.2) is 207 Å². The number of cyclic esters (lactones) is 1. The summed E-state index contributed by atoms with van der Waals surface area (Å²) in [7, 11) is 4.29. The molecule has 4 fully saturated rings. The van der Waals surface area contributed by atoms with E-state index in [2.05, 4.69) is 0 Å². The van der Waals surface area contributed by atoms with E-state index in [-0.39, 0.29) is 49.5 Å². The van der Waals surface area contributed by atoms with E-state index in [4.69, 9.17) is 52.1 Å². The Morgan fingerprint density at radius 1 is 0.691 bits per heavy atom. The van der Waals surface area contributed by atoms with Gasteiger partial charge in [0.2, 0.25) is 5.79 Å². The molecule has 0 aliphatic carbocycles. The van der Waals surface area contributed by atoms with Crippen molar-refractivity contribution in [2.75, 3.05) is 27.9 Å². The number of allylic oxidation sites excluding steroid dienone is 7. The summed E-state index contributed by atoms with van der Waals surface area (Å²) in [6.45, 7) is 24.1. The smallest absolute Gasteiger partial charge is 0.334 e. The highest BCUT2D eigenvalue weighted by atomic mass is 16.7. The van der Waals surface area contributed by atoms with Gasteiger partial charge in [0.05, 0.1) is 54.9 Å². The first-order valence-corrected chi connectivity index (χ1v) is 28.4. The molecule has 0 aromatic heterocycles. The molecule has 5 rings (SSSR count). The van der Waals surface area contributed by atoms with Crippen LogP contribution in [0.25, 0.3) is 0 Å². The maximum absolute atomic E-state index is 14.4. The normalized spacial score (nSPS) is 47.5. The predicted molar refractivity (Wildman–Crippen MR) is 296 cm³/mol. The number of rotatable bonds is 14. The largest absolute Gasteiger partial charge is 0.497 e. The Hall–Kier alpha value is -3.01. The van der Waals surface area contributed by atoms with Crippen molar-refractivity contribution >= 4 is 5.97 Å². The Labute approximate surface area is 479 Å². The molecule has 0 aromatic carbocycles. The zero-order valence-corrected chi connectivity index (χ0v) is 50.7. The maximum Gasteiger partial charge on any atom is 0.334 e. The Kier molecular flexibility index (Phi) is 24.2. The van der Waals surface area contributed by atoms with Crippen LogP contribution < -0.4 is 0 Å². The van der Waals surface area contributed by atoms with Gasteiger partial charge in [-0.05, 0) is 119 Å². The van der Waals surface area contributed by atoms with E-state index in [9.17, 15) is 50.8 Å². The van der Waals surface area contributed by atoms with Crippen LogP contribution in [0.5, 0.6) is 0 Å². The van der Waals surface area contributed by atoms with Crippen molar-refractivity contribution < 1.29 is 103 Å². The number of hydrogen-bond donors (Lipinski definition) is 9. The summed E-state index contributed by atoms with van der Waals surface area (Å²) >= 11 is 0. The van der Waals surface area contributed by atoms with Crippen molar-refractivity contribution in [3.05, 3.63) is 70.1 Å². The molecule has 464 valence electrons. The second-order valence-corrected chi connectivity index (χ2v) is 24.3. The molecule has 21 heteroatoms. The lowest BCUT2D eigenvalue weighted by Crippen LogP contribution is -2.74. The molecule has 0 radical (unpaired) electrons. The first-order chi connectivity index (χ1) is 37.6. The van der Waals surface area contributed by atoms with E-state index in [1.807, 2.05) is 52.8 Å². The first kappa shape index (κ1) is 68.8. The van der Waals surface area contributed by atoms with Crippen LogP contribution in [0.2, 0.25) is 0 Å². The van der Waals surface area contributed by atoms with Gasteiger partial charge in [0.1, 0.15) is 60.2 Å². The summed E-state index contributed by atoms with van der Waals surface area (Å²) in [6, 6.07) is 0. The Morgan fingerprint density at radius 3 is 1.93 bits per heavy atom. The lowest BCUT2D eigenvalue weighted by molar-refractivity contribution is -0.419. The Balaban J connectivity index is 1.49.